The van der Waals surface area contributed by atoms with E-state index in [9.17, 15) is 19.1 Å². The first-order valence-electron chi connectivity index (χ1n) is 10.2. The number of carboxylic acid groups (broad SMARTS) is 1. The summed E-state index contributed by atoms with van der Waals surface area (Å²) in [7, 11) is 0. The van der Waals surface area contributed by atoms with Crippen molar-refractivity contribution in [1.29, 1.82) is 0 Å². The maximum atomic E-state index is 15.3. The molecule has 0 bridgehead atoms. The quantitative estimate of drug-likeness (QED) is 0.794. The minimum atomic E-state index is -1.41. The first kappa shape index (κ1) is 20.8. The summed E-state index contributed by atoms with van der Waals surface area (Å²) in [5, 5.41) is 9.36. The van der Waals surface area contributed by atoms with E-state index < -0.39 is 40.5 Å². The molecule has 2 aromatic rings. The van der Waals surface area contributed by atoms with Crippen LogP contribution in [0.3, 0.4) is 0 Å². The molecule has 1 aromatic carbocycles. The van der Waals surface area contributed by atoms with Crippen LogP contribution < -0.4 is 16.1 Å². The third-order valence-electron chi connectivity index (χ3n) is 6.66. The Morgan fingerprint density at radius 2 is 2.03 bits per heavy atom. The Hall–Kier alpha value is -2.48. The van der Waals surface area contributed by atoms with Crippen molar-refractivity contribution in [3.8, 4) is 0 Å². The zero-order valence-electron chi connectivity index (χ0n) is 17.6. The highest BCUT2D eigenvalue weighted by molar-refractivity contribution is 5.95. The third kappa shape index (κ3) is 3.09. The molecule has 4 unspecified atom stereocenters. The fourth-order valence-electron chi connectivity index (χ4n) is 5.09. The van der Waals surface area contributed by atoms with Gasteiger partial charge in [-0.15, -0.1) is 0 Å². The largest absolute Gasteiger partial charge is 0.477 e. The van der Waals surface area contributed by atoms with Crippen LogP contribution in [0.2, 0.25) is 0 Å². The van der Waals surface area contributed by atoms with Crippen molar-refractivity contribution >= 4 is 22.6 Å². The van der Waals surface area contributed by atoms with E-state index in [4.69, 9.17) is 5.73 Å². The van der Waals surface area contributed by atoms with Gasteiger partial charge in [-0.3, -0.25) is 4.79 Å². The number of nitrogens with two attached hydrogens (primary N) is 1. The average molecular weight is 419 g/mol. The summed E-state index contributed by atoms with van der Waals surface area (Å²) in [6.07, 6.45) is 0.318. The Morgan fingerprint density at radius 1 is 1.40 bits per heavy atom. The fraction of sp³-hybridized carbons (Fsp3) is 0.545. The van der Waals surface area contributed by atoms with Crippen LogP contribution in [0.15, 0.2) is 17.1 Å². The standard InChI is InChI=1S/C22H27F2N3O3/c1-10(2)14-8-26(9-22(14,4)25)19-11(3)18-12(5-16(19)24)20(28)13(21(29)30)7-27(18)17-6-15(17)23/h5,7,10,14-15,17H,6,8-9,25H2,1-4H3,(H,29,30). The number of nitrogens with zero attached hydrogens (tertiary/aromatic N) is 2. The fourth-order valence-corrected chi connectivity index (χ4v) is 5.09. The van der Waals surface area contributed by atoms with Crippen molar-refractivity contribution in [3.05, 3.63) is 39.4 Å². The number of aromatic nitrogens is 1. The van der Waals surface area contributed by atoms with Gasteiger partial charge in [0.15, 0.2) is 0 Å². The highest BCUT2D eigenvalue weighted by Gasteiger charge is 2.44. The number of carboxylic acids is 1. The van der Waals surface area contributed by atoms with Crippen LogP contribution in [-0.4, -0.2) is 40.4 Å². The predicted octanol–water partition coefficient (Wildman–Crippen LogP) is 3.24. The summed E-state index contributed by atoms with van der Waals surface area (Å²) in [6.45, 7) is 8.85. The SMILES string of the molecule is Cc1c(N2CC(C(C)C)C(C)(N)C2)c(F)cc2c(=O)c(C(=O)O)cn(C3CC3F)c12. The first-order chi connectivity index (χ1) is 13.9. The monoisotopic (exact) mass is 419 g/mol. The van der Waals surface area contributed by atoms with Gasteiger partial charge < -0.3 is 20.3 Å². The Morgan fingerprint density at radius 3 is 2.53 bits per heavy atom. The maximum absolute atomic E-state index is 15.3. The minimum Gasteiger partial charge on any atom is -0.477 e. The van der Waals surface area contributed by atoms with Gasteiger partial charge in [0, 0.05) is 36.6 Å². The lowest BCUT2D eigenvalue weighted by Gasteiger charge is -2.28. The Bertz CT molecular complexity index is 1110. The van der Waals surface area contributed by atoms with Gasteiger partial charge in [0.25, 0.3) is 0 Å². The molecule has 4 rings (SSSR count). The molecule has 0 amide bonds. The molecule has 1 saturated carbocycles. The van der Waals surface area contributed by atoms with Crippen LogP contribution in [0.4, 0.5) is 14.5 Å². The molecule has 6 nitrogen and oxygen atoms in total. The van der Waals surface area contributed by atoms with Crippen molar-refractivity contribution in [2.24, 2.45) is 17.6 Å². The van der Waals surface area contributed by atoms with Gasteiger partial charge in [0.05, 0.1) is 17.2 Å². The molecule has 30 heavy (non-hydrogen) atoms. The topological polar surface area (TPSA) is 88.6 Å². The lowest BCUT2D eigenvalue weighted by atomic mass is 9.82. The maximum Gasteiger partial charge on any atom is 0.341 e. The van der Waals surface area contributed by atoms with Gasteiger partial charge in [0.2, 0.25) is 5.43 Å². The third-order valence-corrected chi connectivity index (χ3v) is 6.66. The van der Waals surface area contributed by atoms with Crippen LogP contribution in [0.25, 0.3) is 10.9 Å². The van der Waals surface area contributed by atoms with E-state index in [1.54, 1.807) is 6.92 Å². The number of anilines is 1. The Labute approximate surface area is 173 Å². The number of halogens is 2. The number of aromatic carboxylic acids is 1. The molecule has 2 heterocycles. The van der Waals surface area contributed by atoms with E-state index in [1.165, 1.54) is 10.8 Å². The van der Waals surface area contributed by atoms with E-state index in [-0.39, 0.29) is 17.7 Å². The second kappa shape index (κ2) is 6.77. The number of hydrogen-bond donors (Lipinski definition) is 2. The Balaban J connectivity index is 1.95. The van der Waals surface area contributed by atoms with Gasteiger partial charge in [-0.05, 0) is 37.3 Å². The lowest BCUT2D eigenvalue weighted by Crippen LogP contribution is -2.46. The summed E-state index contributed by atoms with van der Waals surface area (Å²) in [5.74, 6) is -1.54. The van der Waals surface area contributed by atoms with E-state index in [0.717, 1.165) is 6.07 Å². The molecule has 162 valence electrons. The summed E-state index contributed by atoms with van der Waals surface area (Å²) < 4.78 is 30.7. The van der Waals surface area contributed by atoms with E-state index in [2.05, 4.69) is 13.8 Å². The van der Waals surface area contributed by atoms with Crippen molar-refractivity contribution in [2.75, 3.05) is 18.0 Å². The van der Waals surface area contributed by atoms with Crippen molar-refractivity contribution < 1.29 is 18.7 Å². The molecule has 1 aliphatic heterocycles. The van der Waals surface area contributed by atoms with Crippen LogP contribution >= 0.6 is 0 Å². The second-order valence-electron chi connectivity index (χ2n) is 9.37. The molecule has 2 aliphatic rings. The van der Waals surface area contributed by atoms with Crippen LogP contribution in [0.5, 0.6) is 0 Å². The highest BCUT2D eigenvalue weighted by Crippen LogP contribution is 2.43. The summed E-state index contributed by atoms with van der Waals surface area (Å²) in [6, 6.07) is 0.541. The Kier molecular flexibility index (Phi) is 4.69. The molecular weight excluding hydrogens is 392 g/mol. The van der Waals surface area contributed by atoms with Crippen molar-refractivity contribution in [1.82, 2.24) is 4.57 Å². The number of carbonyl (C=O) groups is 1. The van der Waals surface area contributed by atoms with Gasteiger partial charge >= 0.3 is 5.97 Å². The van der Waals surface area contributed by atoms with Gasteiger partial charge in [-0.2, -0.15) is 0 Å². The molecule has 0 spiro atoms. The molecule has 1 aliphatic carbocycles. The molecule has 1 aromatic heterocycles. The van der Waals surface area contributed by atoms with Crippen LogP contribution in [0, 0.1) is 24.6 Å². The zero-order valence-corrected chi connectivity index (χ0v) is 17.6. The van der Waals surface area contributed by atoms with Gasteiger partial charge in [0.1, 0.15) is 17.6 Å². The number of fused-ring (bicyclic) bond motifs is 1. The highest BCUT2D eigenvalue weighted by atomic mass is 19.1. The molecular formula is C22H27F2N3O3. The smallest absolute Gasteiger partial charge is 0.341 e. The number of benzene rings is 1. The van der Waals surface area contributed by atoms with Gasteiger partial charge in [-0.25, -0.2) is 13.6 Å². The lowest BCUT2D eigenvalue weighted by molar-refractivity contribution is 0.0694. The number of aryl methyl sites for hydroxylation is 1. The predicted molar refractivity (Wildman–Crippen MR) is 112 cm³/mol. The summed E-state index contributed by atoms with van der Waals surface area (Å²) in [4.78, 5) is 26.2. The van der Waals surface area contributed by atoms with Crippen molar-refractivity contribution in [2.45, 2.75) is 51.9 Å². The van der Waals surface area contributed by atoms with E-state index in [1.807, 2.05) is 11.8 Å². The van der Waals surface area contributed by atoms with E-state index in [0.29, 0.717) is 35.8 Å². The number of pyridine rings is 1. The van der Waals surface area contributed by atoms with Gasteiger partial charge in [-0.1, -0.05) is 13.8 Å². The first-order valence-corrected chi connectivity index (χ1v) is 10.2. The summed E-state index contributed by atoms with van der Waals surface area (Å²) >= 11 is 0. The number of hydrogen-bond acceptors (Lipinski definition) is 4. The zero-order chi connectivity index (χ0) is 22.1. The normalized spacial score (nSPS) is 28.5. The number of rotatable bonds is 4. The van der Waals surface area contributed by atoms with E-state index >= 15 is 4.39 Å². The molecule has 2 fully saturated rings. The molecule has 0 radical (unpaired) electrons. The second-order valence-corrected chi connectivity index (χ2v) is 9.37. The minimum absolute atomic E-state index is 0.0390. The number of alkyl halides is 1. The molecule has 4 atom stereocenters. The van der Waals surface area contributed by atoms with Crippen LogP contribution in [-0.2, 0) is 0 Å². The average Bonchev–Trinajstić information content (AvgIpc) is 3.26. The molecule has 8 heteroatoms. The molecule has 1 saturated heterocycles. The van der Waals surface area contributed by atoms with Crippen molar-refractivity contribution in [3.63, 3.8) is 0 Å². The molecule has 3 N–H and O–H groups in total. The van der Waals surface area contributed by atoms with Crippen LogP contribution in [0.1, 0.15) is 49.2 Å². The summed E-state index contributed by atoms with van der Waals surface area (Å²) in [5.41, 5.74) is 5.99.